The van der Waals surface area contributed by atoms with Crippen molar-refractivity contribution in [3.05, 3.63) is 73.3 Å². The Morgan fingerprint density at radius 1 is 0.923 bits per heavy atom. The third kappa shape index (κ3) is 7.60. The average molecular weight is 569 g/mol. The fourth-order valence-electron chi connectivity index (χ4n) is 5.28. The highest BCUT2D eigenvalue weighted by Crippen LogP contribution is 2.40. The third-order valence-electron chi connectivity index (χ3n) is 8.65. The molecule has 1 N–H and O–H groups in total. The molecule has 5 atom stereocenters. The maximum absolute atomic E-state index is 11.4. The van der Waals surface area contributed by atoms with Gasteiger partial charge in [0.2, 0.25) is 0 Å². The van der Waals surface area contributed by atoms with Crippen LogP contribution in [0.1, 0.15) is 61.3 Å². The van der Waals surface area contributed by atoms with Crippen molar-refractivity contribution in [3.8, 4) is 0 Å². The van der Waals surface area contributed by atoms with Crippen molar-refractivity contribution >= 4 is 27.0 Å². The maximum atomic E-state index is 11.4. The predicted molar refractivity (Wildman–Crippen MR) is 169 cm³/mol. The van der Waals surface area contributed by atoms with Gasteiger partial charge in [0, 0.05) is 13.0 Å². The van der Waals surface area contributed by atoms with Crippen molar-refractivity contribution in [3.63, 3.8) is 0 Å². The molecule has 1 fully saturated rings. The van der Waals surface area contributed by atoms with Gasteiger partial charge < -0.3 is 18.7 Å². The van der Waals surface area contributed by atoms with Crippen molar-refractivity contribution in [1.29, 1.82) is 0 Å². The zero-order valence-electron chi connectivity index (χ0n) is 25.7. The summed E-state index contributed by atoms with van der Waals surface area (Å²) in [4.78, 5) is 0. The highest BCUT2D eigenvalue weighted by atomic mass is 28.4. The van der Waals surface area contributed by atoms with Gasteiger partial charge in [-0.25, -0.2) is 0 Å². The molecule has 1 heterocycles. The lowest BCUT2D eigenvalue weighted by molar-refractivity contribution is 0.00205. The molecule has 0 amide bonds. The lowest BCUT2D eigenvalue weighted by Crippen LogP contribution is -2.66. The van der Waals surface area contributed by atoms with Gasteiger partial charge in [0.1, 0.15) is 6.10 Å². The Balaban J connectivity index is 1.86. The molecule has 0 bridgehead atoms. The number of epoxide rings is 1. The summed E-state index contributed by atoms with van der Waals surface area (Å²) in [7, 11) is -4.72. The Morgan fingerprint density at radius 3 is 1.85 bits per heavy atom. The molecule has 3 rings (SSSR count). The van der Waals surface area contributed by atoms with E-state index in [1.54, 1.807) is 0 Å². The van der Waals surface area contributed by atoms with Crippen LogP contribution in [0.15, 0.2) is 73.3 Å². The molecule has 0 radical (unpaired) electrons. The lowest BCUT2D eigenvalue weighted by Gasteiger charge is -2.44. The van der Waals surface area contributed by atoms with Crippen molar-refractivity contribution in [1.82, 2.24) is 0 Å². The Bertz CT molecular complexity index is 1000. The highest BCUT2D eigenvalue weighted by molar-refractivity contribution is 6.99. The first-order chi connectivity index (χ1) is 18.1. The van der Waals surface area contributed by atoms with Crippen LogP contribution in [0, 0.1) is 5.92 Å². The van der Waals surface area contributed by atoms with Crippen LogP contribution in [0.3, 0.4) is 0 Å². The fraction of sp³-hybridized carbons (Fsp3) is 0.576. The summed E-state index contributed by atoms with van der Waals surface area (Å²) in [5.41, 5.74) is 0. The molecule has 6 heteroatoms. The number of hydrogen-bond acceptors (Lipinski definition) is 4. The topological polar surface area (TPSA) is 51.2 Å². The second-order valence-corrected chi connectivity index (χ2v) is 23.0. The summed E-state index contributed by atoms with van der Waals surface area (Å²) in [6.45, 7) is 24.9. The minimum atomic E-state index is -2.62. The van der Waals surface area contributed by atoms with Gasteiger partial charge in [-0.1, -0.05) is 115 Å². The van der Waals surface area contributed by atoms with E-state index in [-0.39, 0.29) is 34.3 Å². The molecule has 1 aliphatic rings. The average Bonchev–Trinajstić information content (AvgIpc) is 3.61. The molecule has 1 aliphatic heterocycles. The molecule has 2 aromatic carbocycles. The van der Waals surface area contributed by atoms with Gasteiger partial charge in [0.05, 0.1) is 18.3 Å². The summed E-state index contributed by atoms with van der Waals surface area (Å²) in [6, 6.07) is 21.5. The van der Waals surface area contributed by atoms with Crippen molar-refractivity contribution < 1.29 is 18.7 Å². The summed E-state index contributed by atoms with van der Waals surface area (Å²) >= 11 is 0. The molecule has 4 nitrogen and oxygen atoms in total. The normalized spacial score (nSPS) is 20.8. The van der Waals surface area contributed by atoms with Crippen LogP contribution in [0.5, 0.6) is 0 Å². The monoisotopic (exact) mass is 568 g/mol. The largest absolute Gasteiger partial charge is 0.411 e. The van der Waals surface area contributed by atoms with E-state index in [1.165, 1.54) is 10.4 Å². The van der Waals surface area contributed by atoms with Crippen LogP contribution >= 0.6 is 0 Å². The van der Waals surface area contributed by atoms with E-state index in [9.17, 15) is 5.11 Å². The Kier molecular flexibility index (Phi) is 10.3. The molecule has 0 aliphatic carbocycles. The molecular weight excluding hydrogens is 517 g/mol. The van der Waals surface area contributed by atoms with Crippen molar-refractivity contribution in [2.45, 2.75) is 109 Å². The first-order valence-corrected chi connectivity index (χ1v) is 19.3. The molecule has 216 valence electrons. The third-order valence-corrected chi connectivity index (χ3v) is 18.2. The van der Waals surface area contributed by atoms with Gasteiger partial charge in [-0.05, 0) is 45.9 Å². The zero-order valence-corrected chi connectivity index (χ0v) is 27.7. The van der Waals surface area contributed by atoms with E-state index in [2.05, 4.69) is 129 Å². The predicted octanol–water partition coefficient (Wildman–Crippen LogP) is 6.68. The van der Waals surface area contributed by atoms with Crippen LogP contribution in [0.2, 0.25) is 23.2 Å². The smallest absolute Gasteiger partial charge is 0.261 e. The second kappa shape index (κ2) is 12.5. The van der Waals surface area contributed by atoms with Crippen LogP contribution < -0.4 is 10.4 Å². The Morgan fingerprint density at radius 2 is 1.44 bits per heavy atom. The van der Waals surface area contributed by atoms with Gasteiger partial charge in [-0.15, -0.1) is 6.58 Å². The van der Waals surface area contributed by atoms with E-state index >= 15 is 0 Å². The van der Waals surface area contributed by atoms with E-state index in [4.69, 9.17) is 13.6 Å². The number of aliphatic hydroxyl groups excluding tert-OH is 1. The molecule has 1 saturated heterocycles. The lowest BCUT2D eigenvalue weighted by atomic mass is 9.98. The number of aliphatic hydroxyl groups is 1. The molecule has 39 heavy (non-hydrogen) atoms. The SMILES string of the molecule is C=C[C@@H]1O[C@@H]1C[C@H](O)[C@H](C[C@@H](C)CO[Si](c1ccccc1)(c1ccccc1)C(C)(C)C)O[Si](C)(C)C(C)(C)C. The maximum Gasteiger partial charge on any atom is 0.261 e. The summed E-state index contributed by atoms with van der Waals surface area (Å²) in [5.74, 6) is 0.200. The Labute approximate surface area is 240 Å². The number of rotatable bonds is 13. The van der Waals surface area contributed by atoms with Gasteiger partial charge in [-0.3, -0.25) is 0 Å². The van der Waals surface area contributed by atoms with Crippen LogP contribution in [-0.4, -0.2) is 52.8 Å². The minimum absolute atomic E-state index is 0.0340. The van der Waals surface area contributed by atoms with Crippen LogP contribution in [0.25, 0.3) is 0 Å². The van der Waals surface area contributed by atoms with Crippen molar-refractivity contribution in [2.75, 3.05) is 6.61 Å². The first-order valence-electron chi connectivity index (χ1n) is 14.5. The quantitative estimate of drug-likeness (QED) is 0.166. The molecule has 0 aromatic heterocycles. The number of ether oxygens (including phenoxy) is 1. The van der Waals surface area contributed by atoms with Gasteiger partial charge in [-0.2, -0.15) is 0 Å². The van der Waals surface area contributed by atoms with Gasteiger partial charge in [0.15, 0.2) is 8.32 Å². The van der Waals surface area contributed by atoms with Crippen LogP contribution in [-0.2, 0) is 13.6 Å². The van der Waals surface area contributed by atoms with E-state index in [1.807, 2.05) is 6.08 Å². The standard InChI is InChI=1S/C33H52O4Si2/c1-11-29-31(36-29)23-28(34)30(37-38(9,10)32(3,4)5)22-25(2)24-35-39(33(6,7)8,26-18-14-12-15-19-26)27-20-16-13-17-21-27/h11-21,25,28-31,34H,1,22-24H2,2-10H3/t25-,28+,29+,30+,31-/m1/s1. The van der Waals surface area contributed by atoms with E-state index < -0.39 is 22.7 Å². The Hall–Kier alpha value is -1.55. The summed E-state index contributed by atoms with van der Waals surface area (Å²) < 4.78 is 19.7. The molecule has 0 saturated carbocycles. The van der Waals surface area contributed by atoms with E-state index in [0.29, 0.717) is 13.0 Å². The first kappa shape index (κ1) is 32.0. The number of benzene rings is 2. The van der Waals surface area contributed by atoms with E-state index in [0.717, 1.165) is 6.42 Å². The molecular formula is C33H52O4Si2. The van der Waals surface area contributed by atoms with Gasteiger partial charge in [0.25, 0.3) is 8.32 Å². The summed E-state index contributed by atoms with van der Waals surface area (Å²) in [5, 5.41) is 13.9. The van der Waals surface area contributed by atoms with Gasteiger partial charge >= 0.3 is 0 Å². The number of hydrogen-bond donors (Lipinski definition) is 1. The van der Waals surface area contributed by atoms with Crippen LogP contribution in [0.4, 0.5) is 0 Å². The fourth-order valence-corrected chi connectivity index (χ4v) is 11.3. The van der Waals surface area contributed by atoms with Crippen molar-refractivity contribution in [2.24, 2.45) is 5.92 Å². The minimum Gasteiger partial charge on any atom is -0.411 e. The second-order valence-electron chi connectivity index (χ2n) is 13.9. The molecule has 0 spiro atoms. The summed E-state index contributed by atoms with van der Waals surface area (Å²) in [6.07, 6.45) is 2.34. The molecule has 2 aromatic rings. The zero-order chi connectivity index (χ0) is 29.1. The highest BCUT2D eigenvalue weighted by Gasteiger charge is 2.50. The molecule has 0 unspecified atom stereocenters.